The molecule has 0 amide bonds. The third kappa shape index (κ3) is 3.39. The molecule has 0 radical (unpaired) electrons. The maximum atomic E-state index is 11.9. The fraction of sp³-hybridized carbons (Fsp3) is 0.280. The summed E-state index contributed by atoms with van der Waals surface area (Å²) in [4.78, 5) is 23.8. The normalized spacial score (nSPS) is 23.1. The summed E-state index contributed by atoms with van der Waals surface area (Å²) in [6.45, 7) is 0. The highest BCUT2D eigenvalue weighted by Crippen LogP contribution is 2.72. The summed E-state index contributed by atoms with van der Waals surface area (Å²) in [6.07, 6.45) is 2.75. The molecule has 0 heterocycles. The molecule has 0 unspecified atom stereocenters. The van der Waals surface area contributed by atoms with Crippen LogP contribution in [0.25, 0.3) is 0 Å². The predicted molar refractivity (Wildman–Crippen MR) is 108 cm³/mol. The molecule has 4 heteroatoms. The maximum Gasteiger partial charge on any atom is 0.339 e. The van der Waals surface area contributed by atoms with Gasteiger partial charge in [0.05, 0.1) is 25.3 Å². The van der Waals surface area contributed by atoms with Crippen molar-refractivity contribution in [2.45, 2.75) is 19.3 Å². The number of hydrogen-bond acceptors (Lipinski definition) is 4. The van der Waals surface area contributed by atoms with E-state index in [0.717, 1.165) is 19.3 Å². The second-order valence-electron chi connectivity index (χ2n) is 7.67. The van der Waals surface area contributed by atoms with Crippen LogP contribution in [0.15, 0.2) is 48.5 Å². The molecule has 29 heavy (non-hydrogen) atoms. The van der Waals surface area contributed by atoms with Gasteiger partial charge in [-0.1, -0.05) is 47.9 Å². The zero-order chi connectivity index (χ0) is 20.5. The van der Waals surface area contributed by atoms with Crippen molar-refractivity contribution in [3.05, 3.63) is 70.8 Å². The van der Waals surface area contributed by atoms with Gasteiger partial charge in [-0.05, 0) is 43.5 Å². The Balaban J connectivity index is 1.48. The number of benzene rings is 2. The molecular formula is C25H20O4. The van der Waals surface area contributed by atoms with Crippen LogP contribution in [0.5, 0.6) is 0 Å². The lowest BCUT2D eigenvalue weighted by Crippen LogP contribution is -2.60. The second-order valence-corrected chi connectivity index (χ2v) is 7.67. The predicted octanol–water partition coefficient (Wildman–Crippen LogP) is 3.83. The van der Waals surface area contributed by atoms with Gasteiger partial charge < -0.3 is 9.47 Å². The van der Waals surface area contributed by atoms with Gasteiger partial charge in [0.1, 0.15) is 0 Å². The molecule has 0 spiro atoms. The Hall–Kier alpha value is -3.50. The zero-order valence-electron chi connectivity index (χ0n) is 16.4. The summed E-state index contributed by atoms with van der Waals surface area (Å²) in [6, 6.07) is 14.5. The Bertz CT molecular complexity index is 1010. The smallest absolute Gasteiger partial charge is 0.339 e. The molecule has 0 atom stereocenters. The summed E-state index contributed by atoms with van der Waals surface area (Å²) in [7, 11) is 2.74. The fourth-order valence-electron chi connectivity index (χ4n) is 4.21. The monoisotopic (exact) mass is 384 g/mol. The van der Waals surface area contributed by atoms with E-state index in [0.29, 0.717) is 22.3 Å². The summed E-state index contributed by atoms with van der Waals surface area (Å²) in [5.41, 5.74) is 2.33. The van der Waals surface area contributed by atoms with Crippen LogP contribution in [0, 0.1) is 34.5 Å². The summed E-state index contributed by atoms with van der Waals surface area (Å²) in [5.74, 6) is 12.3. The van der Waals surface area contributed by atoms with E-state index in [9.17, 15) is 9.59 Å². The number of hydrogen-bond donors (Lipinski definition) is 0. The van der Waals surface area contributed by atoms with Gasteiger partial charge in [-0.2, -0.15) is 0 Å². The van der Waals surface area contributed by atoms with Crippen LogP contribution in [0.1, 0.15) is 51.1 Å². The van der Waals surface area contributed by atoms with Gasteiger partial charge in [0.25, 0.3) is 0 Å². The van der Waals surface area contributed by atoms with Gasteiger partial charge in [-0.15, -0.1) is 0 Å². The largest absolute Gasteiger partial charge is 0.465 e. The molecule has 0 aromatic heterocycles. The molecule has 3 fully saturated rings. The first-order valence-corrected chi connectivity index (χ1v) is 9.41. The maximum absolute atomic E-state index is 11.9. The van der Waals surface area contributed by atoms with Gasteiger partial charge in [-0.3, -0.25) is 0 Å². The highest BCUT2D eigenvalue weighted by Gasteiger charge is 2.66. The lowest BCUT2D eigenvalue weighted by molar-refractivity contribution is -0.113. The van der Waals surface area contributed by atoms with Gasteiger partial charge in [0, 0.05) is 22.0 Å². The average molecular weight is 384 g/mol. The highest BCUT2D eigenvalue weighted by molar-refractivity contribution is 5.92. The van der Waals surface area contributed by atoms with Crippen molar-refractivity contribution in [1.29, 1.82) is 0 Å². The van der Waals surface area contributed by atoms with E-state index in [1.807, 2.05) is 24.3 Å². The molecule has 0 saturated heterocycles. The van der Waals surface area contributed by atoms with Crippen molar-refractivity contribution in [1.82, 2.24) is 0 Å². The standard InChI is InChI=1S/C25H20O4/c1-28-22(26)20-9-5-3-7-18(20)11-13-24-15-25(16-24,17-24)14-12-19-8-4-6-10-21(19)23(27)29-2/h3-10H,15-17H2,1-2H3. The SMILES string of the molecule is COC(=O)c1ccccc1C#CC12CC(C#Cc3ccccc3C(=O)OC)(C1)C2. The molecular weight excluding hydrogens is 364 g/mol. The average Bonchev–Trinajstić information content (AvgIpc) is 2.71. The van der Waals surface area contributed by atoms with Crippen molar-refractivity contribution in [3.8, 4) is 23.7 Å². The van der Waals surface area contributed by atoms with Crippen LogP contribution in [-0.4, -0.2) is 26.2 Å². The van der Waals surface area contributed by atoms with E-state index in [4.69, 9.17) is 9.47 Å². The van der Waals surface area contributed by atoms with Crippen molar-refractivity contribution in [2.75, 3.05) is 14.2 Å². The number of carbonyl (C=O) groups excluding carboxylic acids is 2. The van der Waals surface area contributed by atoms with Crippen molar-refractivity contribution in [3.63, 3.8) is 0 Å². The van der Waals surface area contributed by atoms with E-state index in [1.165, 1.54) is 14.2 Å². The molecule has 3 aliphatic carbocycles. The van der Waals surface area contributed by atoms with E-state index in [1.54, 1.807) is 24.3 Å². The third-order valence-corrected chi connectivity index (χ3v) is 5.62. The van der Waals surface area contributed by atoms with Crippen molar-refractivity contribution < 1.29 is 19.1 Å². The van der Waals surface area contributed by atoms with E-state index >= 15 is 0 Å². The highest BCUT2D eigenvalue weighted by atomic mass is 16.5. The molecule has 0 N–H and O–H groups in total. The molecule has 2 bridgehead atoms. The first-order valence-electron chi connectivity index (χ1n) is 9.41. The minimum absolute atomic E-state index is 0.0141. The Morgan fingerprint density at radius 2 is 1.10 bits per heavy atom. The fourth-order valence-corrected chi connectivity index (χ4v) is 4.21. The molecule has 3 saturated carbocycles. The number of esters is 2. The molecule has 0 aliphatic heterocycles. The van der Waals surface area contributed by atoms with Crippen molar-refractivity contribution in [2.24, 2.45) is 10.8 Å². The molecule has 2 aromatic carbocycles. The van der Waals surface area contributed by atoms with Crippen LogP contribution < -0.4 is 0 Å². The molecule has 4 nitrogen and oxygen atoms in total. The minimum Gasteiger partial charge on any atom is -0.465 e. The first-order chi connectivity index (χ1) is 14.0. The lowest BCUT2D eigenvalue weighted by Gasteiger charge is -2.65. The van der Waals surface area contributed by atoms with Crippen LogP contribution in [0.3, 0.4) is 0 Å². The van der Waals surface area contributed by atoms with Crippen LogP contribution >= 0.6 is 0 Å². The Morgan fingerprint density at radius 1 is 0.724 bits per heavy atom. The van der Waals surface area contributed by atoms with E-state index in [-0.39, 0.29) is 22.8 Å². The topological polar surface area (TPSA) is 52.6 Å². The van der Waals surface area contributed by atoms with E-state index < -0.39 is 0 Å². The lowest BCUT2D eigenvalue weighted by atomic mass is 9.36. The van der Waals surface area contributed by atoms with Gasteiger partial charge in [0.15, 0.2) is 0 Å². The number of rotatable bonds is 2. The molecule has 5 rings (SSSR count). The van der Waals surface area contributed by atoms with Crippen LogP contribution in [-0.2, 0) is 9.47 Å². The third-order valence-electron chi connectivity index (χ3n) is 5.62. The van der Waals surface area contributed by atoms with Crippen LogP contribution in [0.2, 0.25) is 0 Å². The van der Waals surface area contributed by atoms with Gasteiger partial charge in [0.2, 0.25) is 0 Å². The Morgan fingerprint density at radius 3 is 1.48 bits per heavy atom. The molecule has 3 aliphatic rings. The van der Waals surface area contributed by atoms with Gasteiger partial charge >= 0.3 is 11.9 Å². The number of carbonyl (C=O) groups is 2. The molecule has 2 aromatic rings. The Labute approximate surface area is 170 Å². The van der Waals surface area contributed by atoms with Crippen molar-refractivity contribution >= 4 is 11.9 Å². The number of ether oxygens (including phenoxy) is 2. The summed E-state index contributed by atoms with van der Waals surface area (Å²) >= 11 is 0. The van der Waals surface area contributed by atoms with Crippen LogP contribution in [0.4, 0.5) is 0 Å². The zero-order valence-corrected chi connectivity index (χ0v) is 16.4. The first kappa shape index (κ1) is 18.8. The minimum atomic E-state index is -0.376. The Kier molecular flexibility index (Phi) is 4.65. The van der Waals surface area contributed by atoms with E-state index in [2.05, 4.69) is 23.7 Å². The number of methoxy groups -OCH3 is 2. The summed E-state index contributed by atoms with van der Waals surface area (Å²) < 4.78 is 9.65. The quantitative estimate of drug-likeness (QED) is 0.583. The summed E-state index contributed by atoms with van der Waals surface area (Å²) in [5, 5.41) is 0. The van der Waals surface area contributed by atoms with Gasteiger partial charge in [-0.25, -0.2) is 9.59 Å². The molecule has 144 valence electrons. The second kappa shape index (κ2) is 7.15.